The summed E-state index contributed by atoms with van der Waals surface area (Å²) in [7, 11) is 0. The van der Waals surface area contributed by atoms with Gasteiger partial charge in [0.05, 0.1) is 11.1 Å². The minimum atomic E-state index is -1.07. The van der Waals surface area contributed by atoms with Gasteiger partial charge in [0.25, 0.3) is 0 Å². The molecule has 0 bridgehead atoms. The molecule has 20 nitrogen and oxygen atoms in total. The molecule has 26 N–H and O–H groups in total. The fourth-order valence-electron chi connectivity index (χ4n) is 2.29. The topological polar surface area (TPSA) is 491 Å². The standard InChI is InChI=1S/2C7H6O3.2C6H6N2O.Ni.8H2O/c2*8-6-3-1-2-5(4-6)7(9)10;2*7-6(9)5-1-3-8-4-2-5;;;;;;;;;/h2*1-4,8H,(H,9,10);2*1-4H,(H2,7,9);;8*1H2/q;;;;+2;;;;;;;;/p+2. The van der Waals surface area contributed by atoms with Crippen LogP contribution in [0.2, 0.25) is 0 Å². The van der Waals surface area contributed by atoms with Gasteiger partial charge in [0.1, 0.15) is 0 Å². The number of hydrogen-bond acceptors (Lipinski definition) is 8. The molecule has 2 heterocycles. The maximum absolute atomic E-state index is 10.5. The van der Waals surface area contributed by atoms with Crippen molar-refractivity contribution in [3.05, 3.63) is 120 Å². The summed E-state index contributed by atoms with van der Waals surface area (Å²) in [5, 5.41) is 37.8. The second-order valence-corrected chi connectivity index (χ2v) is 6.87. The number of pyridine rings is 2. The van der Waals surface area contributed by atoms with Crippen LogP contribution >= 0.6 is 0 Å². The molecule has 0 aliphatic carbocycles. The van der Waals surface area contributed by atoms with Gasteiger partial charge in [0, 0.05) is 35.9 Å². The smallest absolute Gasteiger partial charge is 0.872 e. The number of primary amides is 2. The molecule has 0 fully saturated rings. The molecule has 2 amide bonds. The second kappa shape index (κ2) is 34.9. The summed E-state index contributed by atoms with van der Waals surface area (Å²) in [6, 6.07) is 16.7. The van der Waals surface area contributed by atoms with E-state index in [4.69, 9.17) is 21.7 Å². The Morgan fingerprint density at radius 3 is 0.915 bits per heavy atom. The van der Waals surface area contributed by atoms with Crippen molar-refractivity contribution in [1.29, 1.82) is 0 Å². The molecule has 21 heteroatoms. The number of carboxylic acids is 2. The molecular weight excluding hydrogens is 683 g/mol. The van der Waals surface area contributed by atoms with Crippen molar-refractivity contribution in [2.75, 3.05) is 0 Å². The number of nitrogens with zero attached hydrogens (tertiary/aromatic N) is 2. The van der Waals surface area contributed by atoms with Crippen LogP contribution in [-0.4, -0.2) is 65.8 Å². The van der Waals surface area contributed by atoms with Crippen molar-refractivity contribution in [3.8, 4) is 11.5 Å². The molecule has 268 valence electrons. The molecule has 0 spiro atoms. The van der Waals surface area contributed by atoms with Crippen molar-refractivity contribution in [1.82, 2.24) is 9.97 Å². The summed E-state index contributed by atoms with van der Waals surface area (Å²) in [6.45, 7) is 0. The molecule has 0 unspecified atom stereocenters. The number of hydrogen-bond donors (Lipinski definition) is 4. The molecule has 47 heavy (non-hydrogen) atoms. The number of benzene rings is 2. The van der Waals surface area contributed by atoms with Crippen molar-refractivity contribution < 1.29 is 99.9 Å². The van der Waals surface area contributed by atoms with E-state index in [-0.39, 0.29) is 82.9 Å². The van der Waals surface area contributed by atoms with Crippen LogP contribution in [-0.2, 0) is 38.4 Å². The van der Waals surface area contributed by atoms with Crippen molar-refractivity contribution in [3.63, 3.8) is 0 Å². The van der Waals surface area contributed by atoms with E-state index in [0.29, 0.717) is 11.1 Å². The Hall–Kier alpha value is -5.61. The Morgan fingerprint density at radius 2 is 0.766 bits per heavy atom. The number of amides is 2. The first-order chi connectivity index (χ1) is 18.0. The molecule has 0 saturated carbocycles. The molecule has 0 atom stereocenters. The SMILES string of the molecule is NC(=O)c1ccncc1.NC(=O)c1ccncc1.O.O.O.O.O=C(O)c1cccc([O-])c1.O=C(O)c1cccc([O-])c1.[Ni+2].[OH3+].[OH3+].[OH3+].[OH3+]. The zero-order valence-electron chi connectivity index (χ0n) is 24.3. The van der Waals surface area contributed by atoms with Crippen molar-refractivity contribution in [2.45, 2.75) is 0 Å². The zero-order valence-corrected chi connectivity index (χ0v) is 25.2. The second-order valence-electron chi connectivity index (χ2n) is 6.87. The maximum Gasteiger partial charge on any atom is 2.00 e. The van der Waals surface area contributed by atoms with Crippen LogP contribution in [0, 0.1) is 0 Å². The van der Waals surface area contributed by atoms with Gasteiger partial charge in [0.2, 0.25) is 11.8 Å². The third kappa shape index (κ3) is 27.7. The van der Waals surface area contributed by atoms with Crippen LogP contribution in [0.1, 0.15) is 41.4 Å². The number of carboxylic acid groups (broad SMARTS) is 2. The van der Waals surface area contributed by atoms with Crippen LogP contribution in [0.4, 0.5) is 0 Å². The predicted octanol–water partition coefficient (Wildman–Crippen LogP) is -5.71. The maximum atomic E-state index is 10.5. The zero-order chi connectivity index (χ0) is 28.5. The van der Waals surface area contributed by atoms with Crippen LogP contribution < -0.4 is 21.7 Å². The fraction of sp³-hybridized carbons (Fsp3) is 0. The Morgan fingerprint density at radius 1 is 0.511 bits per heavy atom. The van der Waals surface area contributed by atoms with E-state index in [1.165, 1.54) is 61.2 Å². The van der Waals surface area contributed by atoms with Gasteiger partial charge in [-0.05, 0) is 36.4 Å². The van der Waals surface area contributed by atoms with E-state index in [9.17, 15) is 29.4 Å². The predicted molar refractivity (Wildman–Crippen MR) is 165 cm³/mol. The van der Waals surface area contributed by atoms with Gasteiger partial charge in [-0.15, -0.1) is 11.5 Å². The van der Waals surface area contributed by atoms with E-state index < -0.39 is 23.8 Å². The van der Waals surface area contributed by atoms with Gasteiger partial charge >= 0.3 is 28.4 Å². The van der Waals surface area contributed by atoms with E-state index in [2.05, 4.69) is 9.97 Å². The first-order valence-corrected chi connectivity index (χ1v) is 10.4. The van der Waals surface area contributed by atoms with E-state index in [0.717, 1.165) is 12.1 Å². The van der Waals surface area contributed by atoms with Crippen molar-refractivity contribution >= 4 is 23.8 Å². The van der Waals surface area contributed by atoms with E-state index in [1.54, 1.807) is 24.3 Å². The molecule has 0 radical (unpaired) electrons. The number of aromatic nitrogens is 2. The van der Waals surface area contributed by atoms with Crippen LogP contribution in [0.3, 0.4) is 0 Å². The number of aromatic carboxylic acids is 2. The normalized spacial score (nSPS) is 7.32. The molecular formula is C26H42N4NiO16+4. The van der Waals surface area contributed by atoms with Gasteiger partial charge in [0.15, 0.2) is 0 Å². The van der Waals surface area contributed by atoms with Gasteiger partial charge < -0.3 is 75.7 Å². The number of carbonyl (C=O) groups excluding carboxylic acids is 2. The van der Waals surface area contributed by atoms with Crippen LogP contribution in [0.5, 0.6) is 11.5 Å². The first kappa shape index (κ1) is 64.4. The number of nitrogens with two attached hydrogens (primary N) is 2. The minimum Gasteiger partial charge on any atom is -0.872 e. The quantitative estimate of drug-likeness (QED) is 0.114. The Labute approximate surface area is 276 Å². The molecule has 2 aromatic carbocycles. The van der Waals surface area contributed by atoms with Crippen LogP contribution in [0.15, 0.2) is 97.6 Å². The van der Waals surface area contributed by atoms with Crippen LogP contribution in [0.25, 0.3) is 0 Å². The van der Waals surface area contributed by atoms with Gasteiger partial charge in [-0.25, -0.2) is 9.59 Å². The average molecular weight is 725 g/mol. The largest absolute Gasteiger partial charge is 2.00 e. The minimum absolute atomic E-state index is 0. The number of carbonyl (C=O) groups is 4. The Bertz CT molecular complexity index is 1270. The molecule has 0 aliphatic heterocycles. The van der Waals surface area contributed by atoms with E-state index in [1.807, 2.05) is 0 Å². The molecule has 0 saturated heterocycles. The monoisotopic (exact) mass is 724 g/mol. The third-order valence-electron chi connectivity index (χ3n) is 4.09. The third-order valence-corrected chi connectivity index (χ3v) is 4.09. The summed E-state index contributed by atoms with van der Waals surface area (Å²) in [5.74, 6) is -3.54. The van der Waals surface area contributed by atoms with Gasteiger partial charge in [-0.1, -0.05) is 36.4 Å². The molecule has 4 rings (SSSR count). The summed E-state index contributed by atoms with van der Waals surface area (Å²) in [5.41, 5.74) is 10.9. The molecule has 0 aliphatic rings. The molecule has 2 aromatic heterocycles. The Balaban J connectivity index is -0.0000000551. The fourth-order valence-corrected chi connectivity index (χ4v) is 2.29. The first-order valence-electron chi connectivity index (χ1n) is 10.4. The summed E-state index contributed by atoms with van der Waals surface area (Å²) < 4.78 is 0. The average Bonchev–Trinajstić information content (AvgIpc) is 2.91. The number of rotatable bonds is 4. The van der Waals surface area contributed by atoms with E-state index >= 15 is 0 Å². The summed E-state index contributed by atoms with van der Waals surface area (Å²) in [4.78, 5) is 48.7. The van der Waals surface area contributed by atoms with Gasteiger partial charge in [-0.2, -0.15) is 0 Å². The Kier molecular flexibility index (Phi) is 47.8. The van der Waals surface area contributed by atoms with Crippen molar-refractivity contribution in [2.24, 2.45) is 11.5 Å². The summed E-state index contributed by atoms with van der Waals surface area (Å²) in [6.07, 6.45) is 6.11. The molecule has 4 aromatic rings. The van der Waals surface area contributed by atoms with Gasteiger partial charge in [-0.3, -0.25) is 19.6 Å². The summed E-state index contributed by atoms with van der Waals surface area (Å²) >= 11 is 0.